The molecule has 0 saturated carbocycles. The first-order chi connectivity index (χ1) is 11.8. The van der Waals surface area contributed by atoms with Gasteiger partial charge in [0.2, 0.25) is 10.0 Å². The zero-order valence-corrected chi connectivity index (χ0v) is 15.9. The van der Waals surface area contributed by atoms with Gasteiger partial charge in [-0.25, -0.2) is 8.42 Å². The summed E-state index contributed by atoms with van der Waals surface area (Å²) in [5, 5.41) is 8.92. The second-order valence-corrected chi connectivity index (χ2v) is 9.40. The molecule has 1 aromatic rings. The highest BCUT2D eigenvalue weighted by molar-refractivity contribution is 7.89. The van der Waals surface area contributed by atoms with Gasteiger partial charge in [0.1, 0.15) is 0 Å². The van der Waals surface area contributed by atoms with E-state index in [9.17, 15) is 16.8 Å². The van der Waals surface area contributed by atoms with Crippen molar-refractivity contribution in [3.05, 3.63) is 29.8 Å². The Morgan fingerprint density at radius 1 is 1.04 bits per heavy atom. The van der Waals surface area contributed by atoms with Crippen LogP contribution in [0.5, 0.6) is 0 Å². The van der Waals surface area contributed by atoms with Gasteiger partial charge in [-0.1, -0.05) is 19.9 Å². The number of hydrogen-bond donors (Lipinski definition) is 0. The van der Waals surface area contributed by atoms with Crippen molar-refractivity contribution in [3.63, 3.8) is 0 Å². The van der Waals surface area contributed by atoms with Gasteiger partial charge in [0.25, 0.3) is 10.2 Å². The number of sulfonamides is 1. The van der Waals surface area contributed by atoms with Gasteiger partial charge in [-0.2, -0.15) is 26.6 Å². The Labute approximate surface area is 149 Å². The van der Waals surface area contributed by atoms with Crippen molar-refractivity contribution < 1.29 is 16.8 Å². The lowest BCUT2D eigenvalue weighted by Crippen LogP contribution is -2.54. The summed E-state index contributed by atoms with van der Waals surface area (Å²) in [5.74, 6) is 0. The van der Waals surface area contributed by atoms with E-state index in [-0.39, 0.29) is 36.6 Å². The maximum atomic E-state index is 12.7. The molecule has 0 N–H and O–H groups in total. The van der Waals surface area contributed by atoms with Gasteiger partial charge in [0.15, 0.2) is 0 Å². The lowest BCUT2D eigenvalue weighted by molar-refractivity contribution is 0.256. The number of nitriles is 1. The van der Waals surface area contributed by atoms with Gasteiger partial charge in [0.05, 0.1) is 16.5 Å². The summed E-state index contributed by atoms with van der Waals surface area (Å²) in [4.78, 5) is 0.0478. The third kappa shape index (κ3) is 4.02. The fraction of sp³-hybridized carbons (Fsp3) is 0.533. The molecule has 1 aliphatic heterocycles. The third-order valence-electron chi connectivity index (χ3n) is 4.16. The highest BCUT2D eigenvalue weighted by atomic mass is 32.2. The first-order valence-corrected chi connectivity index (χ1v) is 10.9. The molecule has 1 aromatic carbocycles. The van der Waals surface area contributed by atoms with Crippen LogP contribution >= 0.6 is 0 Å². The Bertz CT molecular complexity index is 850. The molecule has 0 spiro atoms. The number of nitrogens with zero attached hydrogens (tertiary/aromatic N) is 4. The number of benzene rings is 1. The Morgan fingerprint density at radius 3 is 2.12 bits per heavy atom. The molecule has 138 valence electrons. The molecule has 1 aliphatic rings. The van der Waals surface area contributed by atoms with Crippen molar-refractivity contribution in [2.24, 2.45) is 0 Å². The van der Waals surface area contributed by atoms with E-state index in [1.54, 1.807) is 13.8 Å². The van der Waals surface area contributed by atoms with Crippen LogP contribution in [0.1, 0.15) is 19.4 Å². The second-order valence-electron chi connectivity index (χ2n) is 5.53. The van der Waals surface area contributed by atoms with E-state index in [4.69, 9.17) is 5.26 Å². The Morgan fingerprint density at radius 2 is 1.60 bits per heavy atom. The van der Waals surface area contributed by atoms with Crippen molar-refractivity contribution in [2.45, 2.75) is 18.7 Å². The summed E-state index contributed by atoms with van der Waals surface area (Å²) >= 11 is 0. The molecule has 10 heteroatoms. The predicted octanol–water partition coefficient (Wildman–Crippen LogP) is 0.451. The summed E-state index contributed by atoms with van der Waals surface area (Å²) in [6.07, 6.45) is 0. The lowest BCUT2D eigenvalue weighted by atomic mass is 10.2. The van der Waals surface area contributed by atoms with Crippen LogP contribution in [0.4, 0.5) is 0 Å². The number of piperazine rings is 1. The van der Waals surface area contributed by atoms with Crippen molar-refractivity contribution in [2.75, 3.05) is 39.3 Å². The molecule has 8 nitrogen and oxygen atoms in total. The summed E-state index contributed by atoms with van der Waals surface area (Å²) in [7, 11) is -7.31. The Hall–Kier alpha value is -1.51. The molecule has 0 radical (unpaired) electrons. The van der Waals surface area contributed by atoms with E-state index < -0.39 is 20.2 Å². The molecule has 0 atom stereocenters. The van der Waals surface area contributed by atoms with Crippen molar-refractivity contribution in [1.82, 2.24) is 12.9 Å². The average molecular weight is 386 g/mol. The molecule has 0 unspecified atom stereocenters. The SMILES string of the molecule is CCN(CC)S(=O)(=O)N1CCN(S(=O)(=O)c2cccc(C#N)c2)CC1. The molecule has 0 amide bonds. The van der Waals surface area contributed by atoms with Crippen LogP contribution in [0.2, 0.25) is 0 Å². The second kappa shape index (κ2) is 7.80. The summed E-state index contributed by atoms with van der Waals surface area (Å²) in [6, 6.07) is 7.74. The highest BCUT2D eigenvalue weighted by Gasteiger charge is 2.35. The lowest BCUT2D eigenvalue weighted by Gasteiger charge is -2.35. The molecular formula is C15H22N4O4S2. The molecule has 0 aromatic heterocycles. The molecular weight excluding hydrogens is 364 g/mol. The molecule has 1 saturated heterocycles. The maximum Gasteiger partial charge on any atom is 0.282 e. The van der Waals surface area contributed by atoms with Gasteiger partial charge in [0, 0.05) is 39.3 Å². The predicted molar refractivity (Wildman–Crippen MR) is 93.3 cm³/mol. The van der Waals surface area contributed by atoms with E-state index in [0.29, 0.717) is 13.1 Å². The average Bonchev–Trinajstić information content (AvgIpc) is 2.62. The topological polar surface area (TPSA) is 102 Å². The van der Waals surface area contributed by atoms with Gasteiger partial charge in [-0.15, -0.1) is 0 Å². The normalized spacial score (nSPS) is 17.5. The minimum absolute atomic E-state index is 0.0478. The number of hydrogen-bond acceptors (Lipinski definition) is 5. The van der Waals surface area contributed by atoms with Crippen LogP contribution in [0, 0.1) is 11.3 Å². The van der Waals surface area contributed by atoms with E-state index in [2.05, 4.69) is 0 Å². The fourth-order valence-electron chi connectivity index (χ4n) is 2.73. The molecule has 0 aliphatic carbocycles. The van der Waals surface area contributed by atoms with Crippen LogP contribution in [0.3, 0.4) is 0 Å². The van der Waals surface area contributed by atoms with E-state index in [1.807, 2.05) is 6.07 Å². The van der Waals surface area contributed by atoms with Crippen molar-refractivity contribution >= 4 is 20.2 Å². The van der Waals surface area contributed by atoms with Crippen LogP contribution in [0.25, 0.3) is 0 Å². The van der Waals surface area contributed by atoms with Crippen molar-refractivity contribution in [3.8, 4) is 6.07 Å². The highest BCUT2D eigenvalue weighted by Crippen LogP contribution is 2.20. The molecule has 2 rings (SSSR count). The maximum absolute atomic E-state index is 12.7. The third-order valence-corrected chi connectivity index (χ3v) is 8.24. The molecule has 25 heavy (non-hydrogen) atoms. The van der Waals surface area contributed by atoms with Gasteiger partial charge in [-0.05, 0) is 18.2 Å². The minimum atomic E-state index is -3.75. The summed E-state index contributed by atoms with van der Waals surface area (Å²) in [5.41, 5.74) is 0.267. The van der Waals surface area contributed by atoms with E-state index in [1.165, 1.54) is 37.2 Å². The smallest absolute Gasteiger partial charge is 0.207 e. The molecule has 1 heterocycles. The zero-order valence-electron chi connectivity index (χ0n) is 14.3. The fourth-order valence-corrected chi connectivity index (χ4v) is 5.80. The van der Waals surface area contributed by atoms with Gasteiger partial charge in [-0.3, -0.25) is 0 Å². The standard InChI is InChI=1S/C15H22N4O4S2/c1-3-17(4-2)25(22,23)19-10-8-18(9-11-19)24(20,21)15-7-5-6-14(12-15)13-16/h5-7,12H,3-4,8-11H2,1-2H3. The first-order valence-electron chi connectivity index (χ1n) is 8.03. The van der Waals surface area contributed by atoms with Crippen LogP contribution < -0.4 is 0 Å². The summed E-state index contributed by atoms with van der Waals surface area (Å²) < 4.78 is 54.3. The quantitative estimate of drug-likeness (QED) is 0.706. The molecule has 1 fully saturated rings. The van der Waals surface area contributed by atoms with Crippen LogP contribution in [-0.2, 0) is 20.2 Å². The van der Waals surface area contributed by atoms with Crippen molar-refractivity contribution in [1.29, 1.82) is 5.26 Å². The van der Waals surface area contributed by atoms with Crippen LogP contribution in [-0.4, -0.2) is 69.0 Å². The van der Waals surface area contributed by atoms with Gasteiger partial charge >= 0.3 is 0 Å². The minimum Gasteiger partial charge on any atom is -0.207 e. The van der Waals surface area contributed by atoms with Gasteiger partial charge < -0.3 is 0 Å². The summed E-state index contributed by atoms with van der Waals surface area (Å²) in [6.45, 7) is 4.66. The number of rotatable bonds is 6. The Kier molecular flexibility index (Phi) is 6.18. The van der Waals surface area contributed by atoms with E-state index in [0.717, 1.165) is 0 Å². The first kappa shape index (κ1) is 19.8. The largest absolute Gasteiger partial charge is 0.282 e. The zero-order chi connectivity index (χ0) is 18.7. The monoisotopic (exact) mass is 386 g/mol. The Balaban J connectivity index is 2.15. The molecule has 0 bridgehead atoms. The van der Waals surface area contributed by atoms with Crippen LogP contribution in [0.15, 0.2) is 29.2 Å². The van der Waals surface area contributed by atoms with E-state index >= 15 is 0 Å².